The summed E-state index contributed by atoms with van der Waals surface area (Å²) >= 11 is 3.47. The predicted molar refractivity (Wildman–Crippen MR) is 76.6 cm³/mol. The normalized spacial score (nSPS) is 12.2. The Morgan fingerprint density at radius 2 is 2.06 bits per heavy atom. The van der Waals surface area contributed by atoms with Gasteiger partial charge in [0.25, 0.3) is 0 Å². The molecule has 0 aliphatic rings. The Morgan fingerprint density at radius 3 is 2.67 bits per heavy atom. The highest BCUT2D eigenvalue weighted by Gasteiger charge is 2.12. The molecule has 0 saturated heterocycles. The van der Waals surface area contributed by atoms with Crippen molar-refractivity contribution < 1.29 is 5.11 Å². The summed E-state index contributed by atoms with van der Waals surface area (Å²) in [6.07, 6.45) is 1.80. The van der Waals surface area contributed by atoms with Crippen LogP contribution in [0.25, 0.3) is 0 Å². The zero-order valence-corrected chi connectivity index (χ0v) is 11.7. The standard InChI is InChI=1S/C14H15BrN2O/c1-10-7-12(15)14(16-8-10)17-13(9-18)11-5-3-2-4-6-11/h2-8,13,18H,9H2,1H3,(H,16,17). The van der Waals surface area contributed by atoms with E-state index in [-0.39, 0.29) is 12.6 Å². The molecule has 2 rings (SSSR count). The number of aliphatic hydroxyl groups excluding tert-OH is 1. The number of pyridine rings is 1. The van der Waals surface area contributed by atoms with E-state index < -0.39 is 0 Å². The van der Waals surface area contributed by atoms with Crippen LogP contribution in [-0.2, 0) is 0 Å². The first-order chi connectivity index (χ1) is 8.70. The number of anilines is 1. The zero-order chi connectivity index (χ0) is 13.0. The van der Waals surface area contributed by atoms with Gasteiger partial charge in [-0.2, -0.15) is 0 Å². The Bertz CT molecular complexity index is 516. The molecule has 1 aromatic heterocycles. The number of halogens is 1. The van der Waals surface area contributed by atoms with Crippen molar-refractivity contribution in [3.05, 3.63) is 58.2 Å². The molecule has 4 heteroatoms. The lowest BCUT2D eigenvalue weighted by Crippen LogP contribution is -2.15. The van der Waals surface area contributed by atoms with Crippen molar-refractivity contribution >= 4 is 21.7 Å². The maximum absolute atomic E-state index is 9.48. The van der Waals surface area contributed by atoms with Crippen molar-refractivity contribution in [1.29, 1.82) is 0 Å². The third-order valence-corrected chi connectivity index (χ3v) is 3.28. The first kappa shape index (κ1) is 13.1. The van der Waals surface area contributed by atoms with E-state index in [1.807, 2.05) is 43.3 Å². The smallest absolute Gasteiger partial charge is 0.140 e. The number of nitrogens with zero attached hydrogens (tertiary/aromatic N) is 1. The Hall–Kier alpha value is -1.39. The molecule has 94 valence electrons. The summed E-state index contributed by atoms with van der Waals surface area (Å²) in [5, 5.41) is 12.7. The first-order valence-electron chi connectivity index (χ1n) is 5.75. The molecular formula is C14H15BrN2O. The number of nitrogens with one attached hydrogen (secondary N) is 1. The molecule has 3 nitrogen and oxygen atoms in total. The van der Waals surface area contributed by atoms with E-state index in [1.54, 1.807) is 6.20 Å². The second-order valence-electron chi connectivity index (χ2n) is 4.13. The summed E-state index contributed by atoms with van der Waals surface area (Å²) < 4.78 is 0.900. The first-order valence-corrected chi connectivity index (χ1v) is 6.54. The van der Waals surface area contributed by atoms with E-state index in [4.69, 9.17) is 0 Å². The van der Waals surface area contributed by atoms with E-state index in [2.05, 4.69) is 26.2 Å². The van der Waals surface area contributed by atoms with E-state index in [9.17, 15) is 5.11 Å². The number of hydrogen-bond acceptors (Lipinski definition) is 3. The van der Waals surface area contributed by atoms with Crippen LogP contribution in [0.1, 0.15) is 17.2 Å². The number of aliphatic hydroxyl groups is 1. The van der Waals surface area contributed by atoms with Crippen molar-refractivity contribution in [3.8, 4) is 0 Å². The third kappa shape index (κ3) is 3.09. The number of benzene rings is 1. The van der Waals surface area contributed by atoms with Crippen LogP contribution < -0.4 is 5.32 Å². The molecule has 1 unspecified atom stereocenters. The second kappa shape index (κ2) is 5.98. The van der Waals surface area contributed by atoms with Gasteiger partial charge in [0.05, 0.1) is 17.1 Å². The van der Waals surface area contributed by atoms with Crippen molar-refractivity contribution in [2.75, 3.05) is 11.9 Å². The van der Waals surface area contributed by atoms with E-state index >= 15 is 0 Å². The molecule has 0 spiro atoms. The van der Waals surface area contributed by atoms with Gasteiger partial charge in [-0.1, -0.05) is 30.3 Å². The van der Waals surface area contributed by atoms with Crippen LogP contribution in [0.3, 0.4) is 0 Å². The van der Waals surface area contributed by atoms with E-state index in [0.717, 1.165) is 21.4 Å². The fraction of sp³-hybridized carbons (Fsp3) is 0.214. The minimum Gasteiger partial charge on any atom is -0.394 e. The van der Waals surface area contributed by atoms with Gasteiger partial charge in [0.15, 0.2) is 0 Å². The number of hydrogen-bond donors (Lipinski definition) is 2. The highest BCUT2D eigenvalue weighted by Crippen LogP contribution is 2.25. The molecule has 0 amide bonds. The molecule has 0 saturated carbocycles. The molecule has 1 heterocycles. The van der Waals surface area contributed by atoms with Gasteiger partial charge in [0.2, 0.25) is 0 Å². The van der Waals surface area contributed by atoms with Gasteiger partial charge < -0.3 is 10.4 Å². The Labute approximate surface area is 115 Å². The molecule has 2 aromatic rings. The van der Waals surface area contributed by atoms with Crippen molar-refractivity contribution in [2.24, 2.45) is 0 Å². The summed E-state index contributed by atoms with van der Waals surface area (Å²) in [4.78, 5) is 4.32. The highest BCUT2D eigenvalue weighted by atomic mass is 79.9. The lowest BCUT2D eigenvalue weighted by Gasteiger charge is -2.18. The molecule has 0 bridgehead atoms. The molecule has 0 aliphatic heterocycles. The Balaban J connectivity index is 2.21. The van der Waals surface area contributed by atoms with Gasteiger partial charge >= 0.3 is 0 Å². The monoisotopic (exact) mass is 306 g/mol. The number of aryl methyl sites for hydroxylation is 1. The van der Waals surface area contributed by atoms with E-state index in [1.165, 1.54) is 0 Å². The van der Waals surface area contributed by atoms with Crippen LogP contribution >= 0.6 is 15.9 Å². The predicted octanol–water partition coefficient (Wildman–Crippen LogP) is 3.30. The molecular weight excluding hydrogens is 292 g/mol. The minimum absolute atomic E-state index is 0.0199. The molecule has 1 atom stereocenters. The SMILES string of the molecule is Cc1cnc(NC(CO)c2ccccc2)c(Br)c1. The fourth-order valence-corrected chi connectivity index (χ4v) is 2.30. The van der Waals surface area contributed by atoms with Crippen molar-refractivity contribution in [1.82, 2.24) is 4.98 Å². The van der Waals surface area contributed by atoms with Gasteiger partial charge in [-0.3, -0.25) is 0 Å². The van der Waals surface area contributed by atoms with Gasteiger partial charge in [0, 0.05) is 6.20 Å². The van der Waals surface area contributed by atoms with Crippen molar-refractivity contribution in [3.63, 3.8) is 0 Å². The molecule has 0 fully saturated rings. The Morgan fingerprint density at radius 1 is 1.33 bits per heavy atom. The van der Waals surface area contributed by atoms with Crippen LogP contribution in [0.2, 0.25) is 0 Å². The maximum atomic E-state index is 9.48. The van der Waals surface area contributed by atoms with Crippen LogP contribution in [0.5, 0.6) is 0 Å². The van der Waals surface area contributed by atoms with E-state index in [0.29, 0.717) is 0 Å². The Kier molecular flexibility index (Phi) is 4.33. The second-order valence-corrected chi connectivity index (χ2v) is 4.99. The fourth-order valence-electron chi connectivity index (χ4n) is 1.72. The molecule has 1 aromatic carbocycles. The zero-order valence-electron chi connectivity index (χ0n) is 10.1. The third-order valence-electron chi connectivity index (χ3n) is 2.67. The topological polar surface area (TPSA) is 45.2 Å². The average Bonchev–Trinajstić information content (AvgIpc) is 2.39. The highest BCUT2D eigenvalue weighted by molar-refractivity contribution is 9.10. The molecule has 18 heavy (non-hydrogen) atoms. The van der Waals surface area contributed by atoms with Gasteiger partial charge in [-0.05, 0) is 40.0 Å². The number of aromatic nitrogens is 1. The largest absolute Gasteiger partial charge is 0.394 e. The van der Waals surface area contributed by atoms with Gasteiger partial charge in [-0.15, -0.1) is 0 Å². The van der Waals surface area contributed by atoms with Crippen molar-refractivity contribution in [2.45, 2.75) is 13.0 Å². The molecule has 0 aliphatic carbocycles. The molecule has 2 N–H and O–H groups in total. The summed E-state index contributed by atoms with van der Waals surface area (Å²) in [7, 11) is 0. The minimum atomic E-state index is -0.155. The van der Waals surface area contributed by atoms with Crippen LogP contribution in [0, 0.1) is 6.92 Å². The number of rotatable bonds is 4. The van der Waals surface area contributed by atoms with Crippen LogP contribution in [-0.4, -0.2) is 16.7 Å². The summed E-state index contributed by atoms with van der Waals surface area (Å²) in [5.41, 5.74) is 2.13. The quantitative estimate of drug-likeness (QED) is 0.911. The van der Waals surface area contributed by atoms with Gasteiger partial charge in [0.1, 0.15) is 5.82 Å². The lowest BCUT2D eigenvalue weighted by atomic mass is 10.1. The summed E-state index contributed by atoms with van der Waals surface area (Å²) in [5.74, 6) is 0.739. The van der Waals surface area contributed by atoms with Crippen LogP contribution in [0.4, 0.5) is 5.82 Å². The lowest BCUT2D eigenvalue weighted by molar-refractivity contribution is 0.276. The summed E-state index contributed by atoms with van der Waals surface area (Å²) in [6.45, 7) is 2.01. The summed E-state index contributed by atoms with van der Waals surface area (Å²) in [6, 6.07) is 11.7. The molecule has 0 radical (unpaired) electrons. The average molecular weight is 307 g/mol. The van der Waals surface area contributed by atoms with Crippen LogP contribution in [0.15, 0.2) is 47.1 Å². The van der Waals surface area contributed by atoms with Gasteiger partial charge in [-0.25, -0.2) is 4.98 Å². The maximum Gasteiger partial charge on any atom is 0.140 e.